The number of hydrogen-bond acceptors (Lipinski definition) is 5. The van der Waals surface area contributed by atoms with Gasteiger partial charge in [-0.15, -0.1) is 0 Å². The van der Waals surface area contributed by atoms with Crippen LogP contribution < -0.4 is 20.1 Å². The molecule has 0 aliphatic rings. The van der Waals surface area contributed by atoms with Crippen molar-refractivity contribution in [3.05, 3.63) is 48.5 Å². The summed E-state index contributed by atoms with van der Waals surface area (Å²) in [7, 11) is 0. The summed E-state index contributed by atoms with van der Waals surface area (Å²) < 4.78 is 16.6. The molecule has 6 nitrogen and oxygen atoms in total. The first-order valence-electron chi connectivity index (χ1n) is 9.71. The van der Waals surface area contributed by atoms with Crippen LogP contribution in [0.4, 0.5) is 11.4 Å². The number of hydrogen-bond donors (Lipinski definition) is 2. The van der Waals surface area contributed by atoms with E-state index in [1.165, 1.54) is 0 Å². The topological polar surface area (TPSA) is 68.8 Å². The molecule has 2 aromatic carbocycles. The molecule has 0 aromatic heterocycles. The Balaban J connectivity index is 1.77. The summed E-state index contributed by atoms with van der Waals surface area (Å²) >= 11 is 0. The molecule has 0 spiro atoms. The van der Waals surface area contributed by atoms with Gasteiger partial charge in [-0.25, -0.2) is 0 Å². The van der Waals surface area contributed by atoms with Gasteiger partial charge in [0.1, 0.15) is 18.1 Å². The Morgan fingerprint density at radius 1 is 1.00 bits per heavy atom. The van der Waals surface area contributed by atoms with Gasteiger partial charge in [0.05, 0.1) is 19.3 Å². The van der Waals surface area contributed by atoms with Crippen LogP contribution in [0.1, 0.15) is 27.2 Å². The highest BCUT2D eigenvalue weighted by Crippen LogP contribution is 2.19. The minimum absolute atomic E-state index is 0.133. The lowest BCUT2D eigenvalue weighted by Gasteiger charge is -2.13. The van der Waals surface area contributed by atoms with Crippen molar-refractivity contribution in [3.63, 3.8) is 0 Å². The average Bonchev–Trinajstić information content (AvgIpc) is 2.71. The largest absolute Gasteiger partial charge is 0.491 e. The molecule has 0 aliphatic heterocycles. The molecule has 6 heteroatoms. The molecular weight excluding hydrogens is 356 g/mol. The molecule has 1 amide bonds. The second kappa shape index (κ2) is 11.9. The predicted molar refractivity (Wildman–Crippen MR) is 112 cm³/mol. The van der Waals surface area contributed by atoms with Crippen LogP contribution >= 0.6 is 0 Å². The second-order valence-corrected chi connectivity index (χ2v) is 6.34. The first-order valence-corrected chi connectivity index (χ1v) is 9.71. The molecule has 0 aliphatic carbocycles. The zero-order valence-electron chi connectivity index (χ0n) is 16.9. The van der Waals surface area contributed by atoms with E-state index in [0.717, 1.165) is 17.9 Å². The monoisotopic (exact) mass is 386 g/mol. The Hall–Kier alpha value is -2.73. The fourth-order valence-electron chi connectivity index (χ4n) is 2.38. The molecule has 0 saturated carbocycles. The van der Waals surface area contributed by atoms with Gasteiger partial charge in [-0.3, -0.25) is 4.79 Å². The standard InChI is InChI=1S/C22H30N2O4/c1-4-17(3)28-20-11-9-18(10-12-20)23-16-22(25)24-19-7-6-8-21(15-19)27-14-13-26-5-2/h6-12,15,17,23H,4-5,13-14,16H2,1-3H3,(H,24,25). The maximum Gasteiger partial charge on any atom is 0.243 e. The third-order valence-corrected chi connectivity index (χ3v) is 4.04. The summed E-state index contributed by atoms with van der Waals surface area (Å²) in [4.78, 5) is 12.2. The van der Waals surface area contributed by atoms with E-state index in [1.807, 2.05) is 56.3 Å². The molecule has 2 N–H and O–H groups in total. The normalized spacial score (nSPS) is 11.5. The fraction of sp³-hybridized carbons (Fsp3) is 0.409. The van der Waals surface area contributed by atoms with Crippen LogP contribution in [0.15, 0.2) is 48.5 Å². The van der Waals surface area contributed by atoms with E-state index in [9.17, 15) is 4.79 Å². The van der Waals surface area contributed by atoms with Crippen molar-refractivity contribution in [1.82, 2.24) is 0 Å². The smallest absolute Gasteiger partial charge is 0.243 e. The van der Waals surface area contributed by atoms with E-state index in [4.69, 9.17) is 14.2 Å². The molecular formula is C22H30N2O4. The highest BCUT2D eigenvalue weighted by molar-refractivity contribution is 5.93. The molecule has 0 saturated heterocycles. The summed E-state index contributed by atoms with van der Waals surface area (Å²) in [6.45, 7) is 7.92. The Morgan fingerprint density at radius 3 is 2.50 bits per heavy atom. The number of rotatable bonds is 12. The van der Waals surface area contributed by atoms with Crippen LogP contribution in [-0.4, -0.2) is 38.4 Å². The lowest BCUT2D eigenvalue weighted by Crippen LogP contribution is -2.21. The van der Waals surface area contributed by atoms with Crippen molar-refractivity contribution in [3.8, 4) is 11.5 Å². The molecule has 152 valence electrons. The van der Waals surface area contributed by atoms with E-state index < -0.39 is 0 Å². The lowest BCUT2D eigenvalue weighted by atomic mass is 10.2. The van der Waals surface area contributed by atoms with Gasteiger partial charge in [0.25, 0.3) is 0 Å². The highest BCUT2D eigenvalue weighted by Gasteiger charge is 2.05. The van der Waals surface area contributed by atoms with Gasteiger partial charge in [-0.1, -0.05) is 13.0 Å². The van der Waals surface area contributed by atoms with Crippen LogP contribution in [0, 0.1) is 0 Å². The van der Waals surface area contributed by atoms with Crippen LogP contribution in [0.25, 0.3) is 0 Å². The SMILES string of the molecule is CCOCCOc1cccc(NC(=O)CNc2ccc(OC(C)CC)cc2)c1. The van der Waals surface area contributed by atoms with Gasteiger partial charge in [0.2, 0.25) is 5.91 Å². The van der Waals surface area contributed by atoms with Crippen molar-refractivity contribution in [2.24, 2.45) is 0 Å². The molecule has 1 unspecified atom stereocenters. The van der Waals surface area contributed by atoms with Crippen molar-refractivity contribution in [1.29, 1.82) is 0 Å². The Kier molecular flexibility index (Phi) is 9.15. The third-order valence-electron chi connectivity index (χ3n) is 4.04. The summed E-state index contributed by atoms with van der Waals surface area (Å²) in [5.74, 6) is 1.39. The number of benzene rings is 2. The number of anilines is 2. The molecule has 1 atom stereocenters. The minimum Gasteiger partial charge on any atom is -0.491 e. The predicted octanol–water partition coefficient (Wildman–Crippen LogP) is 4.33. The van der Waals surface area contributed by atoms with E-state index in [1.54, 1.807) is 6.07 Å². The Labute approximate surface area is 167 Å². The third kappa shape index (κ3) is 7.88. The van der Waals surface area contributed by atoms with Gasteiger partial charge in [0.15, 0.2) is 0 Å². The van der Waals surface area contributed by atoms with Gasteiger partial charge in [-0.05, 0) is 56.7 Å². The molecule has 0 bridgehead atoms. The minimum atomic E-state index is -0.133. The summed E-state index contributed by atoms with van der Waals surface area (Å²) in [6, 6.07) is 14.9. The van der Waals surface area contributed by atoms with E-state index in [-0.39, 0.29) is 18.6 Å². The second-order valence-electron chi connectivity index (χ2n) is 6.34. The van der Waals surface area contributed by atoms with Gasteiger partial charge < -0.3 is 24.8 Å². The molecule has 0 radical (unpaired) electrons. The zero-order chi connectivity index (χ0) is 20.2. The summed E-state index contributed by atoms with van der Waals surface area (Å²) in [6.07, 6.45) is 1.14. The van der Waals surface area contributed by atoms with Crippen LogP contribution in [-0.2, 0) is 9.53 Å². The summed E-state index contributed by atoms with van der Waals surface area (Å²) in [5.41, 5.74) is 1.55. The van der Waals surface area contributed by atoms with Crippen LogP contribution in [0.2, 0.25) is 0 Å². The first-order chi connectivity index (χ1) is 13.6. The number of carbonyl (C=O) groups is 1. The maximum atomic E-state index is 12.2. The molecule has 28 heavy (non-hydrogen) atoms. The molecule has 0 heterocycles. The fourth-order valence-corrected chi connectivity index (χ4v) is 2.38. The molecule has 0 fully saturated rings. The zero-order valence-corrected chi connectivity index (χ0v) is 16.9. The van der Waals surface area contributed by atoms with E-state index in [2.05, 4.69) is 17.6 Å². The van der Waals surface area contributed by atoms with E-state index >= 15 is 0 Å². The number of nitrogens with one attached hydrogen (secondary N) is 2. The number of amides is 1. The Morgan fingerprint density at radius 2 is 1.79 bits per heavy atom. The molecule has 2 rings (SSSR count). The molecule has 2 aromatic rings. The Bertz CT molecular complexity index is 719. The van der Waals surface area contributed by atoms with E-state index in [0.29, 0.717) is 31.3 Å². The summed E-state index contributed by atoms with van der Waals surface area (Å²) in [5, 5.41) is 5.97. The quantitative estimate of drug-likeness (QED) is 0.532. The highest BCUT2D eigenvalue weighted by atomic mass is 16.5. The van der Waals surface area contributed by atoms with Crippen molar-refractivity contribution in [2.45, 2.75) is 33.3 Å². The van der Waals surface area contributed by atoms with Crippen LogP contribution in [0.3, 0.4) is 0 Å². The van der Waals surface area contributed by atoms with Crippen molar-refractivity contribution >= 4 is 17.3 Å². The van der Waals surface area contributed by atoms with Gasteiger partial charge in [-0.2, -0.15) is 0 Å². The van der Waals surface area contributed by atoms with Crippen molar-refractivity contribution < 1.29 is 19.0 Å². The van der Waals surface area contributed by atoms with Gasteiger partial charge in [0, 0.05) is 24.0 Å². The van der Waals surface area contributed by atoms with Crippen LogP contribution in [0.5, 0.6) is 11.5 Å². The first kappa shape index (κ1) is 21.6. The maximum absolute atomic E-state index is 12.2. The average molecular weight is 386 g/mol. The lowest BCUT2D eigenvalue weighted by molar-refractivity contribution is -0.114. The van der Waals surface area contributed by atoms with Gasteiger partial charge >= 0.3 is 0 Å². The number of ether oxygens (including phenoxy) is 3. The van der Waals surface area contributed by atoms with Crippen molar-refractivity contribution in [2.75, 3.05) is 37.0 Å². The number of carbonyl (C=O) groups excluding carboxylic acids is 1.